The Balaban J connectivity index is 1.72. The lowest BCUT2D eigenvalue weighted by atomic mass is 10.1. The minimum atomic E-state index is -0.444. The Morgan fingerprint density at radius 1 is 1.13 bits per heavy atom. The molecule has 8 heteroatoms. The highest BCUT2D eigenvalue weighted by Gasteiger charge is 2.20. The van der Waals surface area contributed by atoms with Crippen LogP contribution >= 0.6 is 0 Å². The molecule has 1 amide bonds. The number of rotatable bonds is 8. The van der Waals surface area contributed by atoms with Crippen LogP contribution in [0, 0.1) is 5.82 Å². The monoisotopic (exact) mass is 413 g/mol. The van der Waals surface area contributed by atoms with E-state index in [-0.39, 0.29) is 11.9 Å². The van der Waals surface area contributed by atoms with Crippen LogP contribution in [-0.4, -0.2) is 47.8 Å². The number of carbonyl (C=O) groups is 1. The van der Waals surface area contributed by atoms with Crippen molar-refractivity contribution in [3.8, 4) is 22.9 Å². The summed E-state index contributed by atoms with van der Waals surface area (Å²) in [5.74, 6) is 1.29. The highest BCUT2D eigenvalue weighted by molar-refractivity contribution is 5.94. The molecule has 158 valence electrons. The summed E-state index contributed by atoms with van der Waals surface area (Å²) in [5.41, 5.74) is 1.03. The van der Waals surface area contributed by atoms with Crippen LogP contribution in [-0.2, 0) is 6.42 Å². The molecular weight excluding hydrogens is 389 g/mol. The Bertz CT molecular complexity index is 1020. The van der Waals surface area contributed by atoms with Gasteiger partial charge in [0.2, 0.25) is 11.7 Å². The topological polar surface area (TPSA) is 77.7 Å². The molecule has 0 fully saturated rings. The predicted molar refractivity (Wildman–Crippen MR) is 109 cm³/mol. The third-order valence-corrected chi connectivity index (χ3v) is 4.63. The molecule has 0 aliphatic rings. The van der Waals surface area contributed by atoms with Gasteiger partial charge < -0.3 is 18.9 Å². The van der Waals surface area contributed by atoms with Gasteiger partial charge in [0.25, 0.3) is 5.91 Å². The zero-order valence-electron chi connectivity index (χ0n) is 17.4. The summed E-state index contributed by atoms with van der Waals surface area (Å²) in [5, 5.41) is 4.02. The molecule has 1 heterocycles. The lowest BCUT2D eigenvalue weighted by molar-refractivity contribution is 0.0703. The molecule has 0 spiro atoms. The van der Waals surface area contributed by atoms with E-state index < -0.39 is 5.82 Å². The second-order valence-corrected chi connectivity index (χ2v) is 6.93. The van der Waals surface area contributed by atoms with Crippen molar-refractivity contribution in [2.75, 3.05) is 20.8 Å². The first-order valence-corrected chi connectivity index (χ1v) is 9.54. The van der Waals surface area contributed by atoms with Gasteiger partial charge in [0.15, 0.2) is 11.5 Å². The quantitative estimate of drug-likeness (QED) is 0.556. The molecule has 0 bridgehead atoms. The molecule has 7 nitrogen and oxygen atoms in total. The van der Waals surface area contributed by atoms with E-state index in [2.05, 4.69) is 10.1 Å². The van der Waals surface area contributed by atoms with E-state index >= 15 is 0 Å². The molecule has 0 radical (unpaired) electrons. The average Bonchev–Trinajstić information content (AvgIpc) is 3.22. The number of hydrogen-bond acceptors (Lipinski definition) is 6. The zero-order valence-corrected chi connectivity index (χ0v) is 17.4. The largest absolute Gasteiger partial charge is 0.493 e. The molecule has 2 aromatic carbocycles. The number of carbonyl (C=O) groups excluding carboxylic acids is 1. The minimum absolute atomic E-state index is 0.0750. The molecule has 0 saturated carbocycles. The van der Waals surface area contributed by atoms with Crippen molar-refractivity contribution in [2.24, 2.45) is 0 Å². The van der Waals surface area contributed by atoms with E-state index in [1.807, 2.05) is 19.9 Å². The number of amides is 1. The summed E-state index contributed by atoms with van der Waals surface area (Å²) in [7, 11) is 3.12. The van der Waals surface area contributed by atoms with Crippen LogP contribution in [0.2, 0.25) is 0 Å². The highest BCUT2D eigenvalue weighted by atomic mass is 19.1. The number of halogens is 1. The van der Waals surface area contributed by atoms with E-state index in [0.717, 1.165) is 5.56 Å². The van der Waals surface area contributed by atoms with Crippen LogP contribution in [0.5, 0.6) is 11.5 Å². The fourth-order valence-corrected chi connectivity index (χ4v) is 3.05. The molecule has 3 aromatic rings. The third-order valence-electron chi connectivity index (χ3n) is 4.63. The Morgan fingerprint density at radius 3 is 2.57 bits per heavy atom. The van der Waals surface area contributed by atoms with Gasteiger partial charge in [-0.2, -0.15) is 4.98 Å². The normalized spacial score (nSPS) is 10.9. The van der Waals surface area contributed by atoms with Crippen LogP contribution in [0.1, 0.15) is 30.1 Å². The first-order valence-electron chi connectivity index (χ1n) is 9.54. The van der Waals surface area contributed by atoms with Crippen molar-refractivity contribution in [1.29, 1.82) is 0 Å². The maximum atomic E-state index is 13.5. The van der Waals surface area contributed by atoms with E-state index in [1.165, 1.54) is 18.2 Å². The summed E-state index contributed by atoms with van der Waals surface area (Å²) in [6.07, 6.45) is 0.375. The molecule has 0 aliphatic heterocycles. The molecule has 3 rings (SSSR count). The van der Waals surface area contributed by atoms with Gasteiger partial charge in [0.05, 0.1) is 14.2 Å². The Kier molecular flexibility index (Phi) is 6.66. The standard InChI is InChI=1S/C22H24FN3O4/c1-14(2)26(22(27)16-6-5-7-17(23)12-16)11-10-20-24-21(25-30-20)15-8-9-18(28-3)19(13-15)29-4/h5-9,12-14H,10-11H2,1-4H3. The Hall–Kier alpha value is -3.42. The molecule has 0 saturated heterocycles. The van der Waals surface area contributed by atoms with E-state index in [9.17, 15) is 9.18 Å². The van der Waals surface area contributed by atoms with Gasteiger partial charge in [-0.15, -0.1) is 0 Å². The van der Waals surface area contributed by atoms with Crippen LogP contribution in [0.4, 0.5) is 4.39 Å². The second kappa shape index (κ2) is 9.39. The fraction of sp³-hybridized carbons (Fsp3) is 0.318. The van der Waals surface area contributed by atoms with Gasteiger partial charge in [-0.25, -0.2) is 4.39 Å². The highest BCUT2D eigenvalue weighted by Crippen LogP contribution is 2.31. The van der Waals surface area contributed by atoms with Gasteiger partial charge in [-0.05, 0) is 50.2 Å². The number of nitrogens with zero attached hydrogens (tertiary/aromatic N) is 3. The molecule has 0 unspecified atom stereocenters. The summed E-state index contributed by atoms with van der Waals surface area (Å²) in [6, 6.07) is 10.9. The number of ether oxygens (including phenoxy) is 2. The van der Waals surface area contributed by atoms with Gasteiger partial charge in [0.1, 0.15) is 5.82 Å². The van der Waals surface area contributed by atoms with Crippen molar-refractivity contribution in [3.05, 3.63) is 59.7 Å². The van der Waals surface area contributed by atoms with Crippen LogP contribution in [0.25, 0.3) is 11.4 Å². The van der Waals surface area contributed by atoms with Gasteiger partial charge in [-0.1, -0.05) is 11.2 Å². The van der Waals surface area contributed by atoms with Gasteiger partial charge >= 0.3 is 0 Å². The van der Waals surface area contributed by atoms with Gasteiger partial charge in [-0.3, -0.25) is 4.79 Å². The van der Waals surface area contributed by atoms with Crippen molar-refractivity contribution < 1.29 is 23.2 Å². The minimum Gasteiger partial charge on any atom is -0.493 e. The second-order valence-electron chi connectivity index (χ2n) is 6.93. The maximum Gasteiger partial charge on any atom is 0.254 e. The Labute approximate surface area is 174 Å². The van der Waals surface area contributed by atoms with E-state index in [1.54, 1.807) is 37.3 Å². The van der Waals surface area contributed by atoms with Crippen molar-refractivity contribution in [2.45, 2.75) is 26.3 Å². The zero-order chi connectivity index (χ0) is 21.7. The van der Waals surface area contributed by atoms with Crippen LogP contribution < -0.4 is 9.47 Å². The van der Waals surface area contributed by atoms with Crippen molar-refractivity contribution in [1.82, 2.24) is 15.0 Å². The molecular formula is C22H24FN3O4. The molecule has 0 atom stereocenters. The SMILES string of the molecule is COc1ccc(-c2noc(CCN(C(=O)c3cccc(F)c3)C(C)C)n2)cc1OC. The summed E-state index contributed by atoms with van der Waals surface area (Å²) >= 11 is 0. The lowest BCUT2D eigenvalue weighted by Crippen LogP contribution is -2.38. The van der Waals surface area contributed by atoms with E-state index in [0.29, 0.717) is 41.7 Å². The lowest BCUT2D eigenvalue weighted by Gasteiger charge is -2.26. The molecule has 1 aromatic heterocycles. The first-order chi connectivity index (χ1) is 14.4. The van der Waals surface area contributed by atoms with Crippen molar-refractivity contribution in [3.63, 3.8) is 0 Å². The Morgan fingerprint density at radius 2 is 1.90 bits per heavy atom. The van der Waals surface area contributed by atoms with Crippen LogP contribution in [0.3, 0.4) is 0 Å². The number of aromatic nitrogens is 2. The number of hydrogen-bond donors (Lipinski definition) is 0. The average molecular weight is 413 g/mol. The summed E-state index contributed by atoms with van der Waals surface area (Å²) in [6.45, 7) is 4.17. The summed E-state index contributed by atoms with van der Waals surface area (Å²) in [4.78, 5) is 18.8. The van der Waals surface area contributed by atoms with E-state index in [4.69, 9.17) is 14.0 Å². The number of benzene rings is 2. The van der Waals surface area contributed by atoms with Crippen molar-refractivity contribution >= 4 is 5.91 Å². The van der Waals surface area contributed by atoms with Crippen LogP contribution in [0.15, 0.2) is 47.0 Å². The third kappa shape index (κ3) is 4.76. The molecule has 30 heavy (non-hydrogen) atoms. The maximum absolute atomic E-state index is 13.5. The molecule has 0 aliphatic carbocycles. The van der Waals surface area contributed by atoms with Gasteiger partial charge in [0, 0.05) is 30.1 Å². The smallest absolute Gasteiger partial charge is 0.254 e. The fourth-order valence-electron chi connectivity index (χ4n) is 3.05. The molecule has 0 N–H and O–H groups in total. The first kappa shape index (κ1) is 21.3. The summed E-state index contributed by atoms with van der Waals surface area (Å²) < 4.78 is 29.4. The predicted octanol–water partition coefficient (Wildman–Crippen LogP) is 3.99. The number of methoxy groups -OCH3 is 2.